The highest BCUT2D eigenvalue weighted by Gasteiger charge is 2.16. The largest absolute Gasteiger partial charge is 0.436 e. The van der Waals surface area contributed by atoms with Gasteiger partial charge in [-0.2, -0.15) is 0 Å². The summed E-state index contributed by atoms with van der Waals surface area (Å²) < 4.78 is 6.01. The van der Waals surface area contributed by atoms with Gasteiger partial charge in [-0.15, -0.1) is 0 Å². The van der Waals surface area contributed by atoms with Crippen LogP contribution >= 0.6 is 0 Å². The Bertz CT molecular complexity index is 2860. The topological polar surface area (TPSA) is 55.1 Å². The minimum Gasteiger partial charge on any atom is -0.436 e. The highest BCUT2D eigenvalue weighted by molar-refractivity contribution is 5.85. The maximum absolute atomic E-state index is 6.01. The van der Waals surface area contributed by atoms with Gasteiger partial charge in [0.2, 0.25) is 5.89 Å². The molecule has 0 bridgehead atoms. The highest BCUT2D eigenvalue weighted by Crippen LogP contribution is 2.38. The van der Waals surface area contributed by atoms with Crippen LogP contribution in [-0.4, -0.2) is 15.0 Å². The van der Waals surface area contributed by atoms with Gasteiger partial charge < -0.3 is 9.32 Å². The number of nitrogens with zero attached hydrogens (tertiary/aromatic N) is 4. The smallest absolute Gasteiger partial charge is 0.227 e. The Hall–Kier alpha value is -7.11. The van der Waals surface area contributed by atoms with E-state index in [2.05, 4.69) is 159 Å². The fourth-order valence-electron chi connectivity index (χ4n) is 7.46. The highest BCUT2D eigenvalue weighted by atomic mass is 16.3. The van der Waals surface area contributed by atoms with E-state index >= 15 is 0 Å². The molecule has 1 atom stereocenters. The summed E-state index contributed by atoms with van der Waals surface area (Å²) in [6.45, 7) is 0. The first kappa shape index (κ1) is 31.6. The molecule has 0 amide bonds. The second-order valence-electron chi connectivity index (χ2n) is 13.7. The molecule has 10 rings (SSSR count). The predicted molar refractivity (Wildman–Crippen MR) is 220 cm³/mol. The Morgan fingerprint density at radius 1 is 0.519 bits per heavy atom. The zero-order chi connectivity index (χ0) is 35.8. The summed E-state index contributed by atoms with van der Waals surface area (Å²) in [4.78, 5) is 16.2. The van der Waals surface area contributed by atoms with Crippen molar-refractivity contribution in [2.24, 2.45) is 0 Å². The first-order valence-corrected chi connectivity index (χ1v) is 18.3. The zero-order valence-electron chi connectivity index (χ0n) is 29.4. The molecule has 256 valence electrons. The van der Waals surface area contributed by atoms with Gasteiger partial charge in [0.25, 0.3) is 0 Å². The molecule has 54 heavy (non-hydrogen) atoms. The number of benzene rings is 6. The van der Waals surface area contributed by atoms with Crippen molar-refractivity contribution in [1.82, 2.24) is 15.0 Å². The van der Waals surface area contributed by atoms with E-state index in [0.29, 0.717) is 11.8 Å². The van der Waals surface area contributed by atoms with Crippen molar-refractivity contribution in [2.75, 3.05) is 4.90 Å². The lowest BCUT2D eigenvalue weighted by molar-refractivity contribution is 0.620. The van der Waals surface area contributed by atoms with E-state index in [0.717, 1.165) is 78.7 Å². The van der Waals surface area contributed by atoms with Crippen molar-refractivity contribution >= 4 is 51.2 Å². The van der Waals surface area contributed by atoms with Crippen LogP contribution in [0.1, 0.15) is 17.9 Å². The number of oxazole rings is 1. The number of pyridine rings is 2. The zero-order valence-corrected chi connectivity index (χ0v) is 29.4. The van der Waals surface area contributed by atoms with Crippen LogP contribution in [0.25, 0.3) is 67.9 Å². The Morgan fingerprint density at radius 3 is 1.87 bits per heavy atom. The molecule has 3 aromatic heterocycles. The van der Waals surface area contributed by atoms with Gasteiger partial charge in [-0.25, -0.2) is 4.98 Å². The van der Waals surface area contributed by atoms with Crippen molar-refractivity contribution in [3.63, 3.8) is 0 Å². The van der Waals surface area contributed by atoms with Crippen LogP contribution in [0, 0.1) is 0 Å². The first-order chi connectivity index (χ1) is 26.7. The molecule has 3 heterocycles. The number of para-hydroxylation sites is 2. The molecule has 1 aliphatic rings. The van der Waals surface area contributed by atoms with Gasteiger partial charge in [-0.05, 0) is 118 Å². The van der Waals surface area contributed by atoms with Crippen molar-refractivity contribution < 1.29 is 4.42 Å². The summed E-state index contributed by atoms with van der Waals surface area (Å²) in [7, 11) is 0. The Morgan fingerprint density at radius 2 is 1.13 bits per heavy atom. The van der Waals surface area contributed by atoms with E-state index in [1.807, 2.05) is 48.8 Å². The second-order valence-corrected chi connectivity index (χ2v) is 13.7. The molecule has 0 radical (unpaired) electrons. The van der Waals surface area contributed by atoms with Crippen LogP contribution in [0.3, 0.4) is 0 Å². The molecule has 0 fully saturated rings. The molecule has 1 aliphatic carbocycles. The number of hydrogen-bond acceptors (Lipinski definition) is 5. The summed E-state index contributed by atoms with van der Waals surface area (Å²) in [6, 6.07) is 57.5. The molecule has 1 unspecified atom stereocenters. The van der Waals surface area contributed by atoms with Gasteiger partial charge >= 0.3 is 0 Å². The van der Waals surface area contributed by atoms with E-state index in [1.165, 1.54) is 10.8 Å². The molecule has 0 aliphatic heterocycles. The number of hydrogen-bond donors (Lipinski definition) is 0. The average molecular weight is 695 g/mol. The van der Waals surface area contributed by atoms with Gasteiger partial charge in [0.05, 0.1) is 10.9 Å². The molecule has 5 heteroatoms. The minimum atomic E-state index is 0.291. The van der Waals surface area contributed by atoms with Crippen molar-refractivity contribution in [1.29, 1.82) is 0 Å². The van der Waals surface area contributed by atoms with Crippen LogP contribution in [0.2, 0.25) is 0 Å². The van der Waals surface area contributed by atoms with E-state index in [1.54, 1.807) is 0 Å². The number of anilines is 3. The Kier molecular flexibility index (Phi) is 7.88. The molecule has 9 aromatic rings. The SMILES string of the molecule is C1=c2cccnc2=CC(c2ccc(N(c3ccc(-c4ccc(-c5nc6ccccc6o5)cc4)cc3)c3ccc(-c4ccc5cccnc5c4)cc3)cc2)C1. The maximum Gasteiger partial charge on any atom is 0.227 e. The quantitative estimate of drug-likeness (QED) is 0.166. The molecule has 0 spiro atoms. The standard InChI is InChI=1S/C49H34N4O/c1-2-8-48-45(7-1)52-49(54-48)39-13-9-33(10-14-39)34-17-23-42(24-18-34)53(43-25-19-35(20-26-43)40-15-11-37-5-3-29-50-46(37)31-40)44-27-21-36(22-28-44)41-16-12-38-6-4-30-51-47(38)32-41/h1-15,17-32,41H,16H2. The Labute approximate surface area is 312 Å². The van der Waals surface area contributed by atoms with Crippen LogP contribution < -0.4 is 15.5 Å². The van der Waals surface area contributed by atoms with Crippen LogP contribution in [-0.2, 0) is 0 Å². The lowest BCUT2D eigenvalue weighted by Crippen LogP contribution is -2.30. The third kappa shape index (κ3) is 6.02. The van der Waals surface area contributed by atoms with Crippen molar-refractivity contribution in [2.45, 2.75) is 12.3 Å². The summed E-state index contributed by atoms with van der Waals surface area (Å²) in [5, 5.41) is 3.41. The Balaban J connectivity index is 0.971. The predicted octanol–water partition coefficient (Wildman–Crippen LogP) is 11.0. The van der Waals surface area contributed by atoms with Crippen molar-refractivity contribution in [3.05, 3.63) is 192 Å². The summed E-state index contributed by atoms with van der Waals surface area (Å²) in [5.41, 5.74) is 12.7. The lowest BCUT2D eigenvalue weighted by Gasteiger charge is -2.26. The van der Waals surface area contributed by atoms with E-state index in [9.17, 15) is 0 Å². The minimum absolute atomic E-state index is 0.291. The monoisotopic (exact) mass is 694 g/mol. The van der Waals surface area contributed by atoms with Crippen LogP contribution in [0.15, 0.2) is 181 Å². The second kappa shape index (κ2) is 13.5. The molecule has 0 saturated heterocycles. The van der Waals surface area contributed by atoms with Gasteiger partial charge in [0.1, 0.15) is 5.52 Å². The number of rotatable bonds is 7. The van der Waals surface area contributed by atoms with E-state index in [4.69, 9.17) is 4.42 Å². The first-order valence-electron chi connectivity index (χ1n) is 18.3. The molecule has 5 nitrogen and oxygen atoms in total. The van der Waals surface area contributed by atoms with Gasteiger partial charge in [-0.1, -0.05) is 97.1 Å². The summed E-state index contributed by atoms with van der Waals surface area (Å²) >= 11 is 0. The molecular formula is C49H34N4O. The van der Waals surface area contributed by atoms with E-state index in [-0.39, 0.29) is 0 Å². The van der Waals surface area contributed by atoms with Gasteiger partial charge in [0.15, 0.2) is 5.58 Å². The van der Waals surface area contributed by atoms with E-state index < -0.39 is 0 Å². The van der Waals surface area contributed by atoms with Crippen LogP contribution in [0.5, 0.6) is 0 Å². The number of aromatic nitrogens is 3. The molecule has 0 N–H and O–H groups in total. The lowest BCUT2D eigenvalue weighted by atomic mass is 9.91. The normalized spacial score (nSPS) is 13.6. The average Bonchev–Trinajstić information content (AvgIpc) is 3.69. The molecule has 6 aromatic carbocycles. The van der Waals surface area contributed by atoms with Crippen molar-refractivity contribution in [3.8, 4) is 33.7 Å². The van der Waals surface area contributed by atoms with Crippen LogP contribution in [0.4, 0.5) is 17.1 Å². The fourth-order valence-corrected chi connectivity index (χ4v) is 7.46. The third-order valence-corrected chi connectivity index (χ3v) is 10.4. The third-order valence-electron chi connectivity index (χ3n) is 10.4. The maximum atomic E-state index is 6.01. The summed E-state index contributed by atoms with van der Waals surface area (Å²) in [6.07, 6.45) is 9.27. The van der Waals surface area contributed by atoms with Gasteiger partial charge in [-0.3, -0.25) is 9.97 Å². The van der Waals surface area contributed by atoms with Gasteiger partial charge in [0, 0.05) is 46.3 Å². The number of fused-ring (bicyclic) bond motifs is 3. The molecule has 0 saturated carbocycles. The fraction of sp³-hybridized carbons (Fsp3) is 0.0408. The molecular weight excluding hydrogens is 661 g/mol. The summed E-state index contributed by atoms with van der Waals surface area (Å²) in [5.74, 6) is 0.919.